The normalized spacial score (nSPS) is 9.94. The fourth-order valence-corrected chi connectivity index (χ4v) is 2.36. The highest BCUT2D eigenvalue weighted by Crippen LogP contribution is 2.18. The minimum Gasteiger partial charge on any atom is -0.364 e. The van der Waals surface area contributed by atoms with Crippen molar-refractivity contribution in [3.05, 3.63) is 45.3 Å². The predicted octanol–water partition coefficient (Wildman–Crippen LogP) is 3.24. The number of pyridine rings is 1. The summed E-state index contributed by atoms with van der Waals surface area (Å²) in [4.78, 5) is 6.87. The molecule has 0 fully saturated rings. The minimum atomic E-state index is 0.587. The van der Waals surface area contributed by atoms with Gasteiger partial charge in [0.25, 0.3) is 0 Å². The van der Waals surface area contributed by atoms with E-state index in [0.29, 0.717) is 17.9 Å². The van der Waals surface area contributed by atoms with Crippen molar-refractivity contribution < 1.29 is 0 Å². The second kappa shape index (κ2) is 4.98. The lowest BCUT2D eigenvalue weighted by molar-refractivity contribution is 1.10. The molecule has 0 aromatic carbocycles. The Morgan fingerprint density at radius 3 is 2.76 bits per heavy atom. The second-order valence-electron chi connectivity index (χ2n) is 3.83. The van der Waals surface area contributed by atoms with E-state index in [1.165, 1.54) is 9.75 Å². The van der Waals surface area contributed by atoms with Gasteiger partial charge < -0.3 is 5.32 Å². The zero-order chi connectivity index (χ0) is 12.3. The maximum absolute atomic E-state index is 8.98. The molecule has 0 bridgehead atoms. The number of anilines is 1. The van der Waals surface area contributed by atoms with E-state index in [-0.39, 0.29) is 0 Å². The molecule has 0 saturated heterocycles. The Morgan fingerprint density at radius 1 is 1.29 bits per heavy atom. The molecular weight excluding hydrogens is 230 g/mol. The van der Waals surface area contributed by atoms with Crippen molar-refractivity contribution in [1.82, 2.24) is 4.98 Å². The van der Waals surface area contributed by atoms with Crippen LogP contribution in [0, 0.1) is 25.2 Å². The van der Waals surface area contributed by atoms with E-state index in [1.807, 2.05) is 13.0 Å². The van der Waals surface area contributed by atoms with Gasteiger partial charge in [0.05, 0.1) is 12.1 Å². The minimum absolute atomic E-state index is 0.587. The Balaban J connectivity index is 2.13. The third kappa shape index (κ3) is 2.83. The summed E-state index contributed by atoms with van der Waals surface area (Å²) in [5.41, 5.74) is 1.50. The molecule has 17 heavy (non-hydrogen) atoms. The van der Waals surface area contributed by atoms with E-state index in [0.717, 1.165) is 5.69 Å². The molecule has 0 unspecified atom stereocenters. The first kappa shape index (κ1) is 11.6. The van der Waals surface area contributed by atoms with Crippen LogP contribution in [0.15, 0.2) is 24.3 Å². The number of hydrogen-bond acceptors (Lipinski definition) is 4. The molecule has 0 spiro atoms. The van der Waals surface area contributed by atoms with Crippen molar-refractivity contribution in [2.75, 3.05) is 5.32 Å². The Hall–Kier alpha value is -1.86. The third-order valence-electron chi connectivity index (χ3n) is 2.38. The van der Waals surface area contributed by atoms with Gasteiger partial charge in [0, 0.05) is 15.4 Å². The summed E-state index contributed by atoms with van der Waals surface area (Å²) in [5.74, 6) is 0.665. The zero-order valence-corrected chi connectivity index (χ0v) is 10.6. The lowest BCUT2D eigenvalue weighted by Gasteiger charge is -2.06. The van der Waals surface area contributed by atoms with Crippen LogP contribution in [-0.4, -0.2) is 4.98 Å². The van der Waals surface area contributed by atoms with Crippen LogP contribution in [0.4, 0.5) is 5.82 Å². The van der Waals surface area contributed by atoms with Gasteiger partial charge in [0.2, 0.25) is 0 Å². The van der Waals surface area contributed by atoms with E-state index in [9.17, 15) is 0 Å². The van der Waals surface area contributed by atoms with Gasteiger partial charge in [-0.3, -0.25) is 0 Å². The lowest BCUT2D eigenvalue weighted by atomic mass is 10.2. The van der Waals surface area contributed by atoms with Gasteiger partial charge in [0.1, 0.15) is 11.9 Å². The zero-order valence-electron chi connectivity index (χ0n) is 9.82. The van der Waals surface area contributed by atoms with Crippen LogP contribution >= 0.6 is 11.3 Å². The van der Waals surface area contributed by atoms with Gasteiger partial charge in [-0.2, -0.15) is 5.26 Å². The molecule has 4 heteroatoms. The molecule has 0 radical (unpaired) electrons. The SMILES string of the molecule is Cc1ccc(C#N)c(NCc2ccc(C)s2)n1. The Kier molecular flexibility index (Phi) is 3.40. The van der Waals surface area contributed by atoms with Crippen LogP contribution in [0.5, 0.6) is 0 Å². The molecule has 0 aliphatic heterocycles. The molecule has 2 heterocycles. The van der Waals surface area contributed by atoms with E-state index < -0.39 is 0 Å². The molecule has 1 N–H and O–H groups in total. The molecule has 0 aliphatic rings. The smallest absolute Gasteiger partial charge is 0.144 e. The predicted molar refractivity (Wildman–Crippen MR) is 70.1 cm³/mol. The molecule has 86 valence electrons. The third-order valence-corrected chi connectivity index (χ3v) is 3.38. The molecule has 2 aromatic rings. The number of aryl methyl sites for hydroxylation is 2. The highest BCUT2D eigenvalue weighted by Gasteiger charge is 2.04. The molecule has 0 saturated carbocycles. The van der Waals surface area contributed by atoms with E-state index in [2.05, 4.69) is 35.4 Å². The molecular formula is C13H13N3S. The van der Waals surface area contributed by atoms with Crippen molar-refractivity contribution >= 4 is 17.2 Å². The first-order valence-corrected chi connectivity index (χ1v) is 6.17. The average molecular weight is 243 g/mol. The summed E-state index contributed by atoms with van der Waals surface area (Å²) >= 11 is 1.75. The molecule has 2 rings (SSSR count). The topological polar surface area (TPSA) is 48.7 Å². The Labute approximate surface area is 105 Å². The van der Waals surface area contributed by atoms with E-state index in [4.69, 9.17) is 5.26 Å². The van der Waals surface area contributed by atoms with Crippen LogP contribution in [0.2, 0.25) is 0 Å². The maximum Gasteiger partial charge on any atom is 0.144 e. The average Bonchev–Trinajstić information content (AvgIpc) is 2.73. The monoisotopic (exact) mass is 243 g/mol. The van der Waals surface area contributed by atoms with Crippen LogP contribution in [0.1, 0.15) is 21.0 Å². The Morgan fingerprint density at radius 2 is 2.12 bits per heavy atom. The van der Waals surface area contributed by atoms with Gasteiger partial charge in [-0.1, -0.05) is 0 Å². The number of nitrogens with one attached hydrogen (secondary N) is 1. The summed E-state index contributed by atoms with van der Waals surface area (Å²) < 4.78 is 0. The van der Waals surface area contributed by atoms with Crippen molar-refractivity contribution in [3.63, 3.8) is 0 Å². The van der Waals surface area contributed by atoms with Gasteiger partial charge in [-0.15, -0.1) is 11.3 Å². The number of nitrogens with zero attached hydrogens (tertiary/aromatic N) is 2. The standard InChI is InChI=1S/C13H13N3S/c1-9-3-5-11(7-14)13(16-9)15-8-12-6-4-10(2)17-12/h3-6H,8H2,1-2H3,(H,15,16). The van der Waals surface area contributed by atoms with E-state index >= 15 is 0 Å². The molecule has 0 amide bonds. The summed E-state index contributed by atoms with van der Waals surface area (Å²) in [7, 11) is 0. The molecule has 2 aromatic heterocycles. The largest absolute Gasteiger partial charge is 0.364 e. The summed E-state index contributed by atoms with van der Waals surface area (Å²) in [6.45, 7) is 4.71. The maximum atomic E-state index is 8.98. The number of rotatable bonds is 3. The van der Waals surface area contributed by atoms with Gasteiger partial charge in [-0.05, 0) is 38.1 Å². The van der Waals surface area contributed by atoms with Gasteiger partial charge in [0.15, 0.2) is 0 Å². The van der Waals surface area contributed by atoms with Crippen molar-refractivity contribution in [3.8, 4) is 6.07 Å². The van der Waals surface area contributed by atoms with Crippen molar-refractivity contribution in [1.29, 1.82) is 5.26 Å². The number of hydrogen-bond donors (Lipinski definition) is 1. The Bertz CT molecular complexity index is 566. The lowest BCUT2D eigenvalue weighted by Crippen LogP contribution is -2.03. The number of thiophene rings is 1. The van der Waals surface area contributed by atoms with E-state index in [1.54, 1.807) is 17.4 Å². The quantitative estimate of drug-likeness (QED) is 0.900. The number of aromatic nitrogens is 1. The molecule has 0 atom stereocenters. The molecule has 0 aliphatic carbocycles. The van der Waals surface area contributed by atoms with Crippen LogP contribution < -0.4 is 5.32 Å². The summed E-state index contributed by atoms with van der Waals surface area (Å²) in [5, 5.41) is 12.2. The van der Waals surface area contributed by atoms with Gasteiger partial charge >= 0.3 is 0 Å². The fourth-order valence-electron chi connectivity index (χ4n) is 1.53. The second-order valence-corrected chi connectivity index (χ2v) is 5.20. The molecule has 3 nitrogen and oxygen atoms in total. The first-order chi connectivity index (χ1) is 8.19. The fraction of sp³-hybridized carbons (Fsp3) is 0.231. The number of nitriles is 1. The van der Waals surface area contributed by atoms with Crippen molar-refractivity contribution in [2.45, 2.75) is 20.4 Å². The van der Waals surface area contributed by atoms with Crippen molar-refractivity contribution in [2.24, 2.45) is 0 Å². The van der Waals surface area contributed by atoms with Crippen LogP contribution in [-0.2, 0) is 6.54 Å². The van der Waals surface area contributed by atoms with Crippen LogP contribution in [0.25, 0.3) is 0 Å². The summed E-state index contributed by atoms with van der Waals surface area (Å²) in [6.07, 6.45) is 0. The van der Waals surface area contributed by atoms with Gasteiger partial charge in [-0.25, -0.2) is 4.98 Å². The highest BCUT2D eigenvalue weighted by molar-refractivity contribution is 7.11. The van der Waals surface area contributed by atoms with Crippen LogP contribution in [0.3, 0.4) is 0 Å². The summed E-state index contributed by atoms with van der Waals surface area (Å²) in [6, 6.07) is 9.97. The highest BCUT2D eigenvalue weighted by atomic mass is 32.1. The first-order valence-electron chi connectivity index (χ1n) is 5.36.